The monoisotopic (exact) mass is 394 g/mol. The Hall–Kier alpha value is -2.46. The third-order valence-corrected chi connectivity index (χ3v) is 6.62. The van der Waals surface area contributed by atoms with Crippen LogP contribution in [0, 0.1) is 6.92 Å². The zero-order valence-corrected chi connectivity index (χ0v) is 15.8. The highest BCUT2D eigenvalue weighted by Gasteiger charge is 2.32. The lowest BCUT2D eigenvalue weighted by Gasteiger charge is -2.34. The molecule has 2 saturated heterocycles. The van der Waals surface area contributed by atoms with Gasteiger partial charge in [0, 0.05) is 32.6 Å². The molecule has 3 rings (SSSR count). The van der Waals surface area contributed by atoms with E-state index in [1.165, 1.54) is 4.31 Å². The smallest absolute Gasteiger partial charge is 0.322 e. The van der Waals surface area contributed by atoms with Crippen molar-refractivity contribution in [2.45, 2.75) is 30.7 Å². The summed E-state index contributed by atoms with van der Waals surface area (Å²) in [6.45, 7) is 2.88. The number of hydrogen-bond acceptors (Lipinski definition) is 5. The number of urea groups is 1. The summed E-state index contributed by atoms with van der Waals surface area (Å²) in [5.41, 5.74) is 0.868. The van der Waals surface area contributed by atoms with Crippen LogP contribution in [0.5, 0.6) is 0 Å². The highest BCUT2D eigenvalue weighted by atomic mass is 32.2. The van der Waals surface area contributed by atoms with Crippen molar-refractivity contribution in [3.63, 3.8) is 0 Å². The van der Waals surface area contributed by atoms with Crippen molar-refractivity contribution >= 4 is 27.9 Å². The summed E-state index contributed by atoms with van der Waals surface area (Å²) in [5.74, 6) is -0.585. The van der Waals surface area contributed by atoms with Crippen molar-refractivity contribution in [2.24, 2.45) is 0 Å². The first kappa shape index (κ1) is 19.3. The minimum atomic E-state index is -3.58. The van der Waals surface area contributed by atoms with Gasteiger partial charge in [-0.15, -0.1) is 0 Å². The van der Waals surface area contributed by atoms with E-state index in [-0.39, 0.29) is 36.7 Å². The third kappa shape index (κ3) is 4.28. The number of carbonyl (C=O) groups excluding carboxylic acids is 3. The number of rotatable bonds is 5. The van der Waals surface area contributed by atoms with Crippen LogP contribution in [0.4, 0.5) is 4.79 Å². The van der Waals surface area contributed by atoms with Crippen LogP contribution in [0.2, 0.25) is 0 Å². The van der Waals surface area contributed by atoms with Gasteiger partial charge in [-0.3, -0.25) is 14.9 Å². The molecule has 4 amide bonds. The van der Waals surface area contributed by atoms with Crippen molar-refractivity contribution in [3.05, 3.63) is 29.8 Å². The Balaban J connectivity index is 1.53. The highest BCUT2D eigenvalue weighted by Crippen LogP contribution is 2.19. The maximum atomic E-state index is 12.7. The SMILES string of the molecule is Cc1cccc(S(=O)(=O)N2CCN(C(=O)CCC3NC(=O)NC3=O)CC2)c1. The van der Waals surface area contributed by atoms with E-state index < -0.39 is 28.0 Å². The van der Waals surface area contributed by atoms with Crippen molar-refractivity contribution in [2.75, 3.05) is 26.2 Å². The molecule has 27 heavy (non-hydrogen) atoms. The lowest BCUT2D eigenvalue weighted by atomic mass is 10.1. The molecule has 0 radical (unpaired) electrons. The quantitative estimate of drug-likeness (QED) is 0.672. The fourth-order valence-corrected chi connectivity index (χ4v) is 4.72. The molecule has 146 valence electrons. The van der Waals surface area contributed by atoms with E-state index in [1.54, 1.807) is 23.1 Å². The third-order valence-electron chi connectivity index (χ3n) is 4.72. The first-order valence-corrected chi connectivity index (χ1v) is 10.2. The molecule has 10 heteroatoms. The van der Waals surface area contributed by atoms with Crippen LogP contribution in [-0.4, -0.2) is 67.7 Å². The molecule has 2 heterocycles. The molecule has 2 aliphatic heterocycles. The zero-order valence-electron chi connectivity index (χ0n) is 15.0. The second kappa shape index (κ2) is 7.65. The van der Waals surface area contributed by atoms with Gasteiger partial charge in [-0.25, -0.2) is 13.2 Å². The molecule has 0 aliphatic carbocycles. The first-order valence-electron chi connectivity index (χ1n) is 8.73. The fraction of sp³-hybridized carbons (Fsp3) is 0.471. The Morgan fingerprint density at radius 1 is 1.19 bits per heavy atom. The van der Waals surface area contributed by atoms with Gasteiger partial charge in [0.15, 0.2) is 0 Å². The average molecular weight is 394 g/mol. The topological polar surface area (TPSA) is 116 Å². The molecular weight excluding hydrogens is 372 g/mol. The number of aryl methyl sites for hydroxylation is 1. The largest absolute Gasteiger partial charge is 0.340 e. The second-order valence-corrected chi connectivity index (χ2v) is 8.59. The molecule has 0 aromatic heterocycles. The predicted molar refractivity (Wildman–Crippen MR) is 96.2 cm³/mol. The molecule has 2 aliphatic rings. The lowest BCUT2D eigenvalue weighted by Crippen LogP contribution is -2.50. The number of amides is 4. The Morgan fingerprint density at radius 2 is 1.89 bits per heavy atom. The molecular formula is C17H22N4O5S. The number of sulfonamides is 1. The average Bonchev–Trinajstić information content (AvgIpc) is 2.97. The second-order valence-electron chi connectivity index (χ2n) is 6.66. The molecule has 2 fully saturated rings. The van der Waals surface area contributed by atoms with Crippen LogP contribution in [0.1, 0.15) is 18.4 Å². The van der Waals surface area contributed by atoms with E-state index in [2.05, 4.69) is 10.6 Å². The Labute approximate surface area is 157 Å². The van der Waals surface area contributed by atoms with Crippen LogP contribution in [0.3, 0.4) is 0 Å². The summed E-state index contributed by atoms with van der Waals surface area (Å²) in [5, 5.41) is 4.58. The van der Waals surface area contributed by atoms with Crippen LogP contribution >= 0.6 is 0 Å². The molecule has 9 nitrogen and oxygen atoms in total. The van der Waals surface area contributed by atoms with E-state index in [0.717, 1.165) is 5.56 Å². The number of imide groups is 1. The first-order chi connectivity index (χ1) is 12.8. The standard InChI is InChI=1S/C17H22N4O5S/c1-12-3-2-4-13(11-12)27(25,26)21-9-7-20(8-10-21)15(22)6-5-14-16(23)19-17(24)18-14/h2-4,11,14H,5-10H2,1H3,(H2,18,19,23,24). The highest BCUT2D eigenvalue weighted by molar-refractivity contribution is 7.89. The van der Waals surface area contributed by atoms with Crippen molar-refractivity contribution in [1.29, 1.82) is 0 Å². The van der Waals surface area contributed by atoms with Crippen molar-refractivity contribution in [3.8, 4) is 0 Å². The van der Waals surface area contributed by atoms with Gasteiger partial charge in [0.2, 0.25) is 15.9 Å². The van der Waals surface area contributed by atoms with Gasteiger partial charge < -0.3 is 10.2 Å². The zero-order chi connectivity index (χ0) is 19.6. The van der Waals surface area contributed by atoms with Gasteiger partial charge in [-0.1, -0.05) is 12.1 Å². The number of carbonyl (C=O) groups is 3. The minimum absolute atomic E-state index is 0.114. The maximum absolute atomic E-state index is 12.7. The Morgan fingerprint density at radius 3 is 2.48 bits per heavy atom. The summed E-state index contributed by atoms with van der Waals surface area (Å²) in [4.78, 5) is 36.7. The number of hydrogen-bond donors (Lipinski definition) is 2. The molecule has 0 spiro atoms. The number of benzene rings is 1. The van der Waals surface area contributed by atoms with Crippen LogP contribution in [0.25, 0.3) is 0 Å². The molecule has 0 saturated carbocycles. The van der Waals surface area contributed by atoms with Crippen LogP contribution in [0.15, 0.2) is 29.2 Å². The van der Waals surface area contributed by atoms with Gasteiger partial charge in [0.25, 0.3) is 5.91 Å². The number of nitrogens with zero attached hydrogens (tertiary/aromatic N) is 2. The van der Waals surface area contributed by atoms with E-state index in [0.29, 0.717) is 13.1 Å². The molecule has 1 unspecified atom stereocenters. The van der Waals surface area contributed by atoms with Crippen molar-refractivity contribution in [1.82, 2.24) is 19.8 Å². The summed E-state index contributed by atoms with van der Waals surface area (Å²) >= 11 is 0. The molecule has 2 N–H and O–H groups in total. The Bertz CT molecular complexity index is 862. The fourth-order valence-electron chi connectivity index (χ4n) is 3.19. The molecule has 1 aromatic carbocycles. The Kier molecular flexibility index (Phi) is 5.47. The van der Waals surface area contributed by atoms with Crippen molar-refractivity contribution < 1.29 is 22.8 Å². The van der Waals surface area contributed by atoms with Gasteiger partial charge >= 0.3 is 6.03 Å². The number of piperazine rings is 1. The van der Waals surface area contributed by atoms with E-state index >= 15 is 0 Å². The van der Waals surface area contributed by atoms with E-state index in [1.807, 2.05) is 13.0 Å². The van der Waals surface area contributed by atoms with Crippen LogP contribution < -0.4 is 10.6 Å². The van der Waals surface area contributed by atoms with Gasteiger partial charge in [0.1, 0.15) is 6.04 Å². The summed E-state index contributed by atoms with van der Waals surface area (Å²) in [7, 11) is -3.58. The lowest BCUT2D eigenvalue weighted by molar-refractivity contribution is -0.132. The van der Waals surface area contributed by atoms with Crippen LogP contribution in [-0.2, 0) is 19.6 Å². The summed E-state index contributed by atoms with van der Waals surface area (Å²) in [6.07, 6.45) is 0.335. The van der Waals surface area contributed by atoms with Gasteiger partial charge in [0.05, 0.1) is 4.90 Å². The summed E-state index contributed by atoms with van der Waals surface area (Å²) in [6, 6.07) is 5.51. The maximum Gasteiger partial charge on any atom is 0.322 e. The molecule has 0 bridgehead atoms. The minimum Gasteiger partial charge on any atom is -0.340 e. The number of nitrogens with one attached hydrogen (secondary N) is 2. The molecule has 1 atom stereocenters. The van der Waals surface area contributed by atoms with Gasteiger partial charge in [-0.05, 0) is 31.0 Å². The van der Waals surface area contributed by atoms with Gasteiger partial charge in [-0.2, -0.15) is 4.31 Å². The summed E-state index contributed by atoms with van der Waals surface area (Å²) < 4.78 is 26.8. The van der Waals surface area contributed by atoms with E-state index in [9.17, 15) is 22.8 Å². The predicted octanol–water partition coefficient (Wildman–Crippen LogP) is -0.184. The van der Waals surface area contributed by atoms with E-state index in [4.69, 9.17) is 0 Å². The molecule has 1 aromatic rings. The normalized spacial score (nSPS) is 21.1.